The van der Waals surface area contributed by atoms with Crippen molar-refractivity contribution in [2.24, 2.45) is 5.41 Å². The van der Waals surface area contributed by atoms with Crippen molar-refractivity contribution >= 4 is 15.9 Å². The summed E-state index contributed by atoms with van der Waals surface area (Å²) in [5.41, 5.74) is 2.36. The molecule has 5 rings (SSSR count). The van der Waals surface area contributed by atoms with Crippen LogP contribution in [0.1, 0.15) is 43.4 Å². The third-order valence-corrected chi connectivity index (χ3v) is 8.85. The van der Waals surface area contributed by atoms with Gasteiger partial charge < -0.3 is 4.90 Å². The summed E-state index contributed by atoms with van der Waals surface area (Å²) < 4.78 is 40.9. The Morgan fingerprint density at radius 2 is 1.67 bits per heavy atom. The fraction of sp³-hybridized carbons (Fsp3) is 0.435. The molecule has 30 heavy (non-hydrogen) atoms. The molecule has 2 heterocycles. The molecule has 2 aliphatic heterocycles. The van der Waals surface area contributed by atoms with Gasteiger partial charge in [0.25, 0.3) is 0 Å². The van der Waals surface area contributed by atoms with Crippen molar-refractivity contribution in [3.05, 3.63) is 65.5 Å². The van der Waals surface area contributed by atoms with E-state index in [0.717, 1.165) is 19.3 Å². The molecular weight excluding hydrogens is 403 g/mol. The molecule has 1 saturated heterocycles. The quantitative estimate of drug-likeness (QED) is 0.752. The summed E-state index contributed by atoms with van der Waals surface area (Å²) in [5.74, 6) is -0.540. The molecule has 1 spiro atoms. The number of hydrogen-bond acceptors (Lipinski definition) is 3. The molecule has 1 saturated carbocycles. The summed E-state index contributed by atoms with van der Waals surface area (Å²) in [6, 6.07) is 13.9. The zero-order valence-corrected chi connectivity index (χ0v) is 17.7. The zero-order valence-electron chi connectivity index (χ0n) is 16.9. The average Bonchev–Trinajstić information content (AvgIpc) is 2.78. The van der Waals surface area contributed by atoms with Gasteiger partial charge in [-0.15, -0.1) is 0 Å². The number of halogens is 1. The Hall–Kier alpha value is -2.25. The number of hydrogen-bond donors (Lipinski definition) is 0. The minimum Gasteiger partial charge on any atom is -0.333 e. The maximum absolute atomic E-state index is 14.0. The number of fused-ring (bicyclic) bond motifs is 1. The first-order valence-electron chi connectivity index (χ1n) is 10.4. The van der Waals surface area contributed by atoms with Crippen molar-refractivity contribution in [1.29, 1.82) is 0 Å². The summed E-state index contributed by atoms with van der Waals surface area (Å²) in [6.07, 6.45) is 2.88. The van der Waals surface area contributed by atoms with Gasteiger partial charge in [0, 0.05) is 31.0 Å². The number of sulfonamides is 1. The van der Waals surface area contributed by atoms with Crippen molar-refractivity contribution in [3.8, 4) is 0 Å². The van der Waals surface area contributed by atoms with Gasteiger partial charge in [-0.25, -0.2) is 12.8 Å². The van der Waals surface area contributed by atoms with Crippen molar-refractivity contribution < 1.29 is 17.6 Å². The standard InChI is InChI=1S/C23H25FN2O3S/c1-16-19-7-3-2-6-17(19)10-11-22(27)26(16)18-12-23(13-18)14-25(15-23)30(28,29)21-9-5-4-8-20(21)24/h2-9,16,18H,10-15H2,1H3. The highest BCUT2D eigenvalue weighted by Gasteiger charge is 2.58. The Morgan fingerprint density at radius 1 is 1.00 bits per heavy atom. The van der Waals surface area contributed by atoms with E-state index in [-0.39, 0.29) is 28.3 Å². The van der Waals surface area contributed by atoms with E-state index in [4.69, 9.17) is 0 Å². The van der Waals surface area contributed by atoms with Crippen LogP contribution in [0, 0.1) is 11.2 Å². The topological polar surface area (TPSA) is 57.7 Å². The fourth-order valence-corrected chi connectivity index (χ4v) is 7.22. The molecule has 0 aromatic heterocycles. The van der Waals surface area contributed by atoms with Crippen LogP contribution in [0.3, 0.4) is 0 Å². The summed E-state index contributed by atoms with van der Waals surface area (Å²) >= 11 is 0. The smallest absolute Gasteiger partial charge is 0.246 e. The minimum absolute atomic E-state index is 0.0249. The van der Waals surface area contributed by atoms with Gasteiger partial charge in [-0.3, -0.25) is 4.79 Å². The largest absolute Gasteiger partial charge is 0.333 e. The molecule has 2 aromatic carbocycles. The Morgan fingerprint density at radius 3 is 2.40 bits per heavy atom. The lowest BCUT2D eigenvalue weighted by Gasteiger charge is -2.60. The number of benzene rings is 2. The van der Waals surface area contributed by atoms with Crippen LogP contribution >= 0.6 is 0 Å². The van der Waals surface area contributed by atoms with Crippen LogP contribution in [0.15, 0.2) is 53.4 Å². The van der Waals surface area contributed by atoms with Gasteiger partial charge in [-0.05, 0) is 49.4 Å². The van der Waals surface area contributed by atoms with Crippen LogP contribution in [-0.4, -0.2) is 42.7 Å². The summed E-state index contributed by atoms with van der Waals surface area (Å²) in [5, 5.41) is 0. The van der Waals surface area contributed by atoms with E-state index in [2.05, 4.69) is 19.1 Å². The predicted molar refractivity (Wildman–Crippen MR) is 111 cm³/mol. The first-order valence-corrected chi connectivity index (χ1v) is 11.9. The number of rotatable bonds is 3. The van der Waals surface area contributed by atoms with Gasteiger partial charge >= 0.3 is 0 Å². The second kappa shape index (κ2) is 6.89. The van der Waals surface area contributed by atoms with Crippen LogP contribution in [-0.2, 0) is 21.2 Å². The lowest BCUT2D eigenvalue weighted by atomic mass is 9.61. The highest BCUT2D eigenvalue weighted by Crippen LogP contribution is 2.53. The minimum atomic E-state index is -3.81. The molecule has 0 bridgehead atoms. The third kappa shape index (κ3) is 2.98. The van der Waals surface area contributed by atoms with Gasteiger partial charge in [0.05, 0.1) is 6.04 Å². The Bertz CT molecular complexity index is 1100. The SMILES string of the molecule is CC1c2ccccc2CCC(=O)N1C1CC2(C1)CN(S(=O)(=O)c1ccccc1F)C2. The van der Waals surface area contributed by atoms with Gasteiger partial charge in [-0.1, -0.05) is 36.4 Å². The van der Waals surface area contributed by atoms with Crippen LogP contribution < -0.4 is 0 Å². The van der Waals surface area contributed by atoms with Crippen molar-refractivity contribution in [2.45, 2.75) is 49.6 Å². The molecule has 5 nitrogen and oxygen atoms in total. The summed E-state index contributed by atoms with van der Waals surface area (Å²) in [4.78, 5) is 14.6. The van der Waals surface area contributed by atoms with Crippen LogP contribution in [0.25, 0.3) is 0 Å². The van der Waals surface area contributed by atoms with E-state index < -0.39 is 15.8 Å². The van der Waals surface area contributed by atoms with E-state index in [1.807, 2.05) is 17.0 Å². The van der Waals surface area contributed by atoms with Gasteiger partial charge in [0.2, 0.25) is 15.9 Å². The molecule has 0 radical (unpaired) electrons. The Balaban J connectivity index is 1.28. The van der Waals surface area contributed by atoms with Crippen molar-refractivity contribution in [1.82, 2.24) is 9.21 Å². The molecule has 1 atom stereocenters. The second-order valence-electron chi connectivity index (χ2n) is 8.94. The van der Waals surface area contributed by atoms with E-state index in [1.54, 1.807) is 0 Å². The predicted octanol–water partition coefficient (Wildman–Crippen LogP) is 3.51. The third-order valence-electron chi connectivity index (χ3n) is 7.03. The lowest BCUT2D eigenvalue weighted by Crippen LogP contribution is -2.68. The summed E-state index contributed by atoms with van der Waals surface area (Å²) in [6.45, 7) is 2.88. The number of carbonyl (C=O) groups is 1. The van der Waals surface area contributed by atoms with Gasteiger partial charge in [0.1, 0.15) is 10.7 Å². The van der Waals surface area contributed by atoms with Crippen LogP contribution in [0.5, 0.6) is 0 Å². The molecule has 0 N–H and O–H groups in total. The molecule has 158 valence electrons. The van der Waals surface area contributed by atoms with E-state index in [0.29, 0.717) is 19.5 Å². The summed E-state index contributed by atoms with van der Waals surface area (Å²) in [7, 11) is -3.81. The van der Waals surface area contributed by atoms with Gasteiger partial charge in [0.15, 0.2) is 0 Å². The van der Waals surface area contributed by atoms with Gasteiger partial charge in [-0.2, -0.15) is 4.31 Å². The van der Waals surface area contributed by atoms with E-state index >= 15 is 0 Å². The van der Waals surface area contributed by atoms with E-state index in [9.17, 15) is 17.6 Å². The number of aryl methyl sites for hydroxylation is 1. The molecule has 2 aromatic rings. The highest BCUT2D eigenvalue weighted by atomic mass is 32.2. The molecular formula is C23H25FN2O3S. The average molecular weight is 429 g/mol. The molecule has 3 aliphatic rings. The normalized spacial score (nSPS) is 24.1. The highest BCUT2D eigenvalue weighted by molar-refractivity contribution is 7.89. The Labute approximate surface area is 176 Å². The van der Waals surface area contributed by atoms with E-state index in [1.165, 1.54) is 39.7 Å². The maximum atomic E-state index is 14.0. The second-order valence-corrected chi connectivity index (χ2v) is 10.8. The zero-order chi connectivity index (χ0) is 21.1. The molecule has 1 unspecified atom stereocenters. The monoisotopic (exact) mass is 428 g/mol. The molecule has 1 aliphatic carbocycles. The number of carbonyl (C=O) groups excluding carboxylic acids is 1. The molecule has 1 amide bonds. The number of amides is 1. The first-order chi connectivity index (χ1) is 14.3. The van der Waals surface area contributed by atoms with Crippen LogP contribution in [0.2, 0.25) is 0 Å². The first kappa shape index (κ1) is 19.7. The fourth-order valence-electron chi connectivity index (χ4n) is 5.49. The maximum Gasteiger partial charge on any atom is 0.246 e. The Kier molecular flexibility index (Phi) is 4.52. The van der Waals surface area contributed by atoms with Crippen molar-refractivity contribution in [2.75, 3.05) is 13.1 Å². The molecule has 2 fully saturated rings. The lowest BCUT2D eigenvalue weighted by molar-refractivity contribution is -0.147. The van der Waals surface area contributed by atoms with Crippen LogP contribution in [0.4, 0.5) is 4.39 Å². The van der Waals surface area contributed by atoms with Crippen molar-refractivity contribution in [3.63, 3.8) is 0 Å². The molecule has 7 heteroatoms. The number of nitrogens with zero attached hydrogens (tertiary/aromatic N) is 2.